The summed E-state index contributed by atoms with van der Waals surface area (Å²) < 4.78 is 13.8. The van der Waals surface area contributed by atoms with Gasteiger partial charge in [0.05, 0.1) is 17.6 Å². The number of rotatable bonds is 13. The number of hydrogen-bond acceptors (Lipinski definition) is 4. The molecule has 0 saturated heterocycles. The third-order valence-corrected chi connectivity index (χ3v) is 6.87. The van der Waals surface area contributed by atoms with Crippen LogP contribution in [0.1, 0.15) is 51.4 Å². The second kappa shape index (κ2) is 13.5. The number of nitrogens with zero attached hydrogens (tertiary/aromatic N) is 2. The molecule has 0 atom stereocenters. The minimum absolute atomic E-state index is 0.00549. The Morgan fingerprint density at radius 3 is 2.33 bits per heavy atom. The first-order valence-electron chi connectivity index (χ1n) is 13.6. The average Bonchev–Trinajstić information content (AvgIpc) is 3.27. The molecule has 6 nitrogen and oxygen atoms in total. The molecule has 39 heavy (non-hydrogen) atoms. The van der Waals surface area contributed by atoms with Crippen LogP contribution < -0.4 is 14.8 Å². The number of benzene rings is 3. The predicted octanol–water partition coefficient (Wildman–Crippen LogP) is 6.97. The highest BCUT2D eigenvalue weighted by Gasteiger charge is 2.14. The summed E-state index contributed by atoms with van der Waals surface area (Å²) in [6.07, 6.45) is 3.77. The van der Waals surface area contributed by atoms with Crippen molar-refractivity contribution in [3.05, 3.63) is 89.2 Å². The Kier molecular flexibility index (Phi) is 9.88. The minimum atomic E-state index is -0.125. The van der Waals surface area contributed by atoms with Crippen molar-refractivity contribution in [2.45, 2.75) is 58.4 Å². The van der Waals surface area contributed by atoms with Crippen LogP contribution in [0, 0.1) is 0 Å². The summed E-state index contributed by atoms with van der Waals surface area (Å²) in [5.74, 6) is 2.46. The number of carbonyl (C=O) groups excluding carboxylic acids is 1. The van der Waals surface area contributed by atoms with E-state index >= 15 is 0 Å². The van der Waals surface area contributed by atoms with E-state index < -0.39 is 0 Å². The fraction of sp³-hybridized carbons (Fsp3) is 0.375. The average molecular weight is 548 g/mol. The van der Waals surface area contributed by atoms with Crippen molar-refractivity contribution in [3.63, 3.8) is 0 Å². The van der Waals surface area contributed by atoms with Gasteiger partial charge >= 0.3 is 0 Å². The zero-order chi connectivity index (χ0) is 27.7. The monoisotopic (exact) mass is 547 g/mol. The quantitative estimate of drug-likeness (QED) is 0.183. The molecule has 1 N–H and O–H groups in total. The smallest absolute Gasteiger partial charge is 0.257 e. The lowest BCUT2D eigenvalue weighted by Crippen LogP contribution is -2.29. The molecule has 0 saturated carbocycles. The van der Waals surface area contributed by atoms with E-state index in [0.717, 1.165) is 54.8 Å². The van der Waals surface area contributed by atoms with E-state index in [-0.39, 0.29) is 17.9 Å². The number of nitrogens with one attached hydrogen (secondary N) is 1. The number of hydrogen-bond donors (Lipinski definition) is 1. The lowest BCUT2D eigenvalue weighted by Gasteiger charge is -2.19. The molecule has 4 rings (SSSR count). The van der Waals surface area contributed by atoms with Crippen LogP contribution in [0.3, 0.4) is 0 Å². The Bertz CT molecular complexity index is 1340. The maximum atomic E-state index is 12.1. The zero-order valence-corrected chi connectivity index (χ0v) is 23.8. The van der Waals surface area contributed by atoms with Gasteiger partial charge < -0.3 is 19.4 Å². The summed E-state index contributed by atoms with van der Waals surface area (Å²) in [6, 6.07) is 23.6. The van der Waals surface area contributed by atoms with Crippen LogP contribution in [-0.2, 0) is 23.2 Å². The van der Waals surface area contributed by atoms with Gasteiger partial charge in [-0.2, -0.15) is 0 Å². The van der Waals surface area contributed by atoms with Crippen LogP contribution in [0.25, 0.3) is 11.0 Å². The molecule has 0 bridgehead atoms. The minimum Gasteiger partial charge on any atom is -0.492 e. The molecule has 1 amide bonds. The molecule has 1 aromatic heterocycles. The van der Waals surface area contributed by atoms with Gasteiger partial charge in [-0.1, -0.05) is 63.1 Å². The van der Waals surface area contributed by atoms with Crippen LogP contribution in [0.5, 0.6) is 11.5 Å². The number of unbranched alkanes of at least 4 members (excludes halogenated alkanes) is 2. The summed E-state index contributed by atoms with van der Waals surface area (Å²) >= 11 is 5.87. The zero-order valence-electron chi connectivity index (χ0n) is 23.1. The van der Waals surface area contributed by atoms with E-state index in [4.69, 9.17) is 26.1 Å². The first-order valence-corrected chi connectivity index (χ1v) is 14.0. The molecule has 1 heterocycles. The van der Waals surface area contributed by atoms with Gasteiger partial charge in [0, 0.05) is 18.0 Å². The number of halogens is 1. The number of amides is 1. The Labute approximate surface area is 236 Å². The third kappa shape index (κ3) is 8.49. The maximum absolute atomic E-state index is 12.1. The van der Waals surface area contributed by atoms with Gasteiger partial charge in [0.15, 0.2) is 6.61 Å². The van der Waals surface area contributed by atoms with Gasteiger partial charge in [-0.3, -0.25) is 4.79 Å². The second-order valence-corrected chi connectivity index (χ2v) is 11.1. The predicted molar refractivity (Wildman–Crippen MR) is 158 cm³/mol. The number of carbonyl (C=O) groups is 1. The largest absolute Gasteiger partial charge is 0.492 e. The van der Waals surface area contributed by atoms with Crippen molar-refractivity contribution in [2.24, 2.45) is 0 Å². The van der Waals surface area contributed by atoms with Crippen LogP contribution in [0.2, 0.25) is 5.02 Å². The lowest BCUT2D eigenvalue weighted by atomic mass is 9.87. The molecule has 3 aromatic carbocycles. The van der Waals surface area contributed by atoms with Crippen molar-refractivity contribution >= 4 is 28.5 Å². The van der Waals surface area contributed by atoms with E-state index in [1.54, 1.807) is 24.3 Å². The molecule has 0 radical (unpaired) electrons. The Morgan fingerprint density at radius 2 is 1.59 bits per heavy atom. The number of fused-ring (bicyclic) bond motifs is 1. The molecule has 4 aromatic rings. The molecule has 0 unspecified atom stereocenters. The van der Waals surface area contributed by atoms with E-state index in [0.29, 0.717) is 23.9 Å². The molecule has 0 fully saturated rings. The van der Waals surface area contributed by atoms with Gasteiger partial charge in [-0.25, -0.2) is 4.98 Å². The van der Waals surface area contributed by atoms with Crippen LogP contribution >= 0.6 is 11.6 Å². The van der Waals surface area contributed by atoms with Gasteiger partial charge in [0.1, 0.15) is 23.9 Å². The van der Waals surface area contributed by atoms with Crippen molar-refractivity contribution < 1.29 is 14.3 Å². The molecule has 0 aliphatic heterocycles. The molecule has 7 heteroatoms. The number of para-hydroxylation sites is 2. The summed E-state index contributed by atoms with van der Waals surface area (Å²) in [5.41, 5.74) is 3.56. The number of aryl methyl sites for hydroxylation is 1. The normalized spacial score (nSPS) is 11.5. The fourth-order valence-corrected chi connectivity index (χ4v) is 4.54. The topological polar surface area (TPSA) is 65.4 Å². The summed E-state index contributed by atoms with van der Waals surface area (Å²) in [5, 5.41) is 3.56. The van der Waals surface area contributed by atoms with Crippen molar-refractivity contribution in [2.75, 3.05) is 19.8 Å². The molecule has 0 aliphatic rings. The highest BCUT2D eigenvalue weighted by atomic mass is 35.5. The first kappa shape index (κ1) is 28.5. The molecular formula is C32H38ClN3O3. The van der Waals surface area contributed by atoms with Crippen molar-refractivity contribution in [3.8, 4) is 11.5 Å². The number of aromatic nitrogens is 2. The van der Waals surface area contributed by atoms with Gasteiger partial charge in [-0.05, 0) is 72.4 Å². The van der Waals surface area contributed by atoms with Crippen molar-refractivity contribution in [1.29, 1.82) is 0 Å². The molecule has 206 valence electrons. The van der Waals surface area contributed by atoms with Crippen LogP contribution in [0.15, 0.2) is 72.8 Å². The van der Waals surface area contributed by atoms with Gasteiger partial charge in [0.25, 0.3) is 5.91 Å². The first-order chi connectivity index (χ1) is 18.8. The van der Waals surface area contributed by atoms with Crippen LogP contribution in [0.4, 0.5) is 0 Å². The Balaban J connectivity index is 1.21. The number of ether oxygens (including phenoxy) is 2. The fourth-order valence-electron chi connectivity index (χ4n) is 4.42. The molecule has 0 aliphatic carbocycles. The third-order valence-electron chi connectivity index (χ3n) is 6.62. The van der Waals surface area contributed by atoms with E-state index in [1.807, 2.05) is 6.07 Å². The van der Waals surface area contributed by atoms with Crippen molar-refractivity contribution in [1.82, 2.24) is 14.9 Å². The van der Waals surface area contributed by atoms with E-state index in [1.165, 1.54) is 5.56 Å². The lowest BCUT2D eigenvalue weighted by molar-refractivity contribution is -0.123. The summed E-state index contributed by atoms with van der Waals surface area (Å²) in [7, 11) is 0. The van der Waals surface area contributed by atoms with Crippen LogP contribution in [-0.4, -0.2) is 35.2 Å². The highest BCUT2D eigenvalue weighted by Crippen LogP contribution is 2.24. The Hall–Kier alpha value is -3.51. The highest BCUT2D eigenvalue weighted by molar-refractivity contribution is 6.30. The van der Waals surface area contributed by atoms with E-state index in [9.17, 15) is 4.79 Å². The number of imidazole rings is 1. The molecular weight excluding hydrogens is 510 g/mol. The maximum Gasteiger partial charge on any atom is 0.257 e. The standard InChI is InChI=1S/C32H38ClN3O3/c1-32(2,3)24-12-16-26(17-13-24)38-22-21-36-29-10-7-6-9-28(29)35-30(36)11-5-4-8-20-34-31(37)23-39-27-18-14-25(33)15-19-27/h6-7,9-10,12-19H,4-5,8,11,20-23H2,1-3H3,(H,34,37). The SMILES string of the molecule is CC(C)(C)c1ccc(OCCn2c(CCCCCNC(=O)COc3ccc(Cl)cc3)nc3ccccc32)cc1. The summed E-state index contributed by atoms with van der Waals surface area (Å²) in [4.78, 5) is 17.0. The van der Waals surface area contributed by atoms with Gasteiger partial charge in [0.2, 0.25) is 0 Å². The Morgan fingerprint density at radius 1 is 0.897 bits per heavy atom. The second-order valence-electron chi connectivity index (χ2n) is 10.7. The summed E-state index contributed by atoms with van der Waals surface area (Å²) in [6.45, 7) is 8.57. The van der Waals surface area contributed by atoms with E-state index in [2.05, 4.69) is 73.1 Å². The van der Waals surface area contributed by atoms with Gasteiger partial charge in [-0.15, -0.1) is 0 Å². The molecule has 0 spiro atoms.